The van der Waals surface area contributed by atoms with E-state index < -0.39 is 4.92 Å². The molecule has 2 N–H and O–H groups in total. The summed E-state index contributed by atoms with van der Waals surface area (Å²) < 4.78 is 0. The topological polar surface area (TPSA) is 87.8 Å². The summed E-state index contributed by atoms with van der Waals surface area (Å²) in [6.45, 7) is 0.367. The van der Waals surface area contributed by atoms with Crippen molar-refractivity contribution < 1.29 is 10.0 Å². The number of hydrogen-bond donors (Lipinski definition) is 2. The third-order valence-corrected chi connectivity index (χ3v) is 2.27. The third-order valence-electron chi connectivity index (χ3n) is 1.30. The SMILES string of the molecule is O=[N+]([O-])c1ccc(/C=N/NCCO)s1. The van der Waals surface area contributed by atoms with E-state index in [1.807, 2.05) is 0 Å². The molecular weight excluding hydrogens is 206 g/mol. The summed E-state index contributed by atoms with van der Waals surface area (Å²) in [5.41, 5.74) is 2.58. The summed E-state index contributed by atoms with van der Waals surface area (Å²) in [5.74, 6) is 0. The van der Waals surface area contributed by atoms with Crippen molar-refractivity contribution in [2.45, 2.75) is 0 Å². The fraction of sp³-hybridized carbons (Fsp3) is 0.286. The summed E-state index contributed by atoms with van der Waals surface area (Å²) in [5, 5.41) is 22.6. The van der Waals surface area contributed by atoms with Crippen molar-refractivity contribution in [2.75, 3.05) is 13.2 Å². The molecule has 14 heavy (non-hydrogen) atoms. The average Bonchev–Trinajstić information content (AvgIpc) is 2.61. The van der Waals surface area contributed by atoms with Crippen LogP contribution in [0.25, 0.3) is 0 Å². The number of nitrogens with zero attached hydrogens (tertiary/aromatic N) is 2. The second kappa shape index (κ2) is 5.30. The maximum Gasteiger partial charge on any atom is 0.324 e. The Bertz CT molecular complexity index is 337. The van der Waals surface area contributed by atoms with Crippen molar-refractivity contribution in [1.29, 1.82) is 0 Å². The average molecular weight is 215 g/mol. The van der Waals surface area contributed by atoms with E-state index in [0.717, 1.165) is 11.3 Å². The van der Waals surface area contributed by atoms with Gasteiger partial charge in [-0.1, -0.05) is 11.3 Å². The second-order valence-electron chi connectivity index (χ2n) is 2.32. The molecule has 0 aromatic carbocycles. The van der Waals surface area contributed by atoms with Crippen molar-refractivity contribution in [3.8, 4) is 0 Å². The standard InChI is InChI=1S/C7H9N3O3S/c11-4-3-8-9-5-6-1-2-7(14-6)10(12)13/h1-2,5,8,11H,3-4H2/b9-5+. The van der Waals surface area contributed by atoms with Crippen LogP contribution in [-0.4, -0.2) is 29.4 Å². The largest absolute Gasteiger partial charge is 0.394 e. The lowest BCUT2D eigenvalue weighted by Gasteiger charge is -1.92. The lowest BCUT2D eigenvalue weighted by Crippen LogP contribution is -2.10. The van der Waals surface area contributed by atoms with E-state index in [4.69, 9.17) is 5.11 Å². The lowest BCUT2D eigenvalue weighted by atomic mass is 10.5. The van der Waals surface area contributed by atoms with E-state index in [0.29, 0.717) is 11.4 Å². The Morgan fingerprint density at radius 1 is 1.71 bits per heavy atom. The number of aliphatic hydroxyl groups is 1. The first kappa shape index (κ1) is 10.6. The quantitative estimate of drug-likeness (QED) is 0.325. The Hall–Kier alpha value is -1.47. The fourth-order valence-electron chi connectivity index (χ4n) is 0.734. The molecule has 0 saturated carbocycles. The van der Waals surface area contributed by atoms with Crippen molar-refractivity contribution in [3.05, 3.63) is 27.1 Å². The number of hydrazone groups is 1. The minimum Gasteiger partial charge on any atom is -0.394 e. The first-order valence-corrected chi connectivity index (χ1v) is 4.66. The Morgan fingerprint density at radius 3 is 3.07 bits per heavy atom. The molecule has 0 aliphatic heterocycles. The zero-order valence-electron chi connectivity index (χ0n) is 7.21. The molecule has 1 rings (SSSR count). The van der Waals surface area contributed by atoms with Gasteiger partial charge >= 0.3 is 5.00 Å². The molecule has 0 fully saturated rings. The highest BCUT2D eigenvalue weighted by atomic mass is 32.1. The summed E-state index contributed by atoms with van der Waals surface area (Å²) in [7, 11) is 0. The van der Waals surface area contributed by atoms with Crippen LogP contribution in [-0.2, 0) is 0 Å². The van der Waals surface area contributed by atoms with Crippen LogP contribution in [0.15, 0.2) is 17.2 Å². The number of nitrogens with one attached hydrogen (secondary N) is 1. The van der Waals surface area contributed by atoms with Gasteiger partial charge in [-0.05, 0) is 6.07 Å². The Labute approximate surface area is 84.0 Å². The molecule has 1 aromatic rings. The van der Waals surface area contributed by atoms with E-state index in [2.05, 4.69) is 10.5 Å². The van der Waals surface area contributed by atoms with Gasteiger partial charge < -0.3 is 10.5 Å². The van der Waals surface area contributed by atoms with Crippen molar-refractivity contribution in [2.24, 2.45) is 5.10 Å². The van der Waals surface area contributed by atoms with Crippen molar-refractivity contribution in [1.82, 2.24) is 5.43 Å². The maximum absolute atomic E-state index is 10.3. The van der Waals surface area contributed by atoms with Gasteiger partial charge in [0.25, 0.3) is 0 Å². The predicted octanol–water partition coefficient (Wildman–Crippen LogP) is 0.572. The van der Waals surface area contributed by atoms with E-state index in [-0.39, 0.29) is 11.6 Å². The van der Waals surface area contributed by atoms with Crippen LogP contribution in [0.2, 0.25) is 0 Å². The van der Waals surface area contributed by atoms with E-state index >= 15 is 0 Å². The smallest absolute Gasteiger partial charge is 0.324 e. The van der Waals surface area contributed by atoms with Gasteiger partial charge in [-0.15, -0.1) is 0 Å². The molecule has 0 atom stereocenters. The molecule has 0 aliphatic rings. The van der Waals surface area contributed by atoms with Crippen LogP contribution < -0.4 is 5.43 Å². The van der Waals surface area contributed by atoms with Gasteiger partial charge in [0.15, 0.2) is 0 Å². The molecule has 6 nitrogen and oxygen atoms in total. The molecular formula is C7H9N3O3S. The highest BCUT2D eigenvalue weighted by molar-refractivity contribution is 7.16. The normalized spacial score (nSPS) is 10.6. The van der Waals surface area contributed by atoms with Crippen LogP contribution in [0.3, 0.4) is 0 Å². The number of rotatable bonds is 5. The molecule has 0 spiro atoms. The molecule has 7 heteroatoms. The van der Waals surface area contributed by atoms with Crippen molar-refractivity contribution in [3.63, 3.8) is 0 Å². The van der Waals surface area contributed by atoms with Crippen LogP contribution >= 0.6 is 11.3 Å². The molecule has 0 amide bonds. The molecule has 1 aromatic heterocycles. The zero-order chi connectivity index (χ0) is 10.4. The molecule has 0 aliphatic carbocycles. The van der Waals surface area contributed by atoms with Crippen molar-refractivity contribution >= 4 is 22.6 Å². The Kier molecular flexibility index (Phi) is 4.02. The highest BCUT2D eigenvalue weighted by Gasteiger charge is 2.07. The summed E-state index contributed by atoms with van der Waals surface area (Å²) in [6, 6.07) is 3.05. The van der Waals surface area contributed by atoms with Gasteiger partial charge in [0, 0.05) is 6.07 Å². The van der Waals surface area contributed by atoms with Gasteiger partial charge in [-0.25, -0.2) is 0 Å². The summed E-state index contributed by atoms with van der Waals surface area (Å²) >= 11 is 1.05. The number of thiophene rings is 1. The van der Waals surface area contributed by atoms with Crippen LogP contribution in [0.1, 0.15) is 4.88 Å². The van der Waals surface area contributed by atoms with Crippen LogP contribution in [0, 0.1) is 10.1 Å². The molecule has 76 valence electrons. The number of aliphatic hydroxyl groups excluding tert-OH is 1. The van der Waals surface area contributed by atoms with Gasteiger partial charge in [-0.3, -0.25) is 10.1 Å². The van der Waals surface area contributed by atoms with Gasteiger partial charge in [0.2, 0.25) is 0 Å². The minimum absolute atomic E-state index is 0.00191. The number of nitro groups is 1. The molecule has 0 unspecified atom stereocenters. The lowest BCUT2D eigenvalue weighted by molar-refractivity contribution is -0.380. The monoisotopic (exact) mass is 215 g/mol. The Morgan fingerprint density at radius 2 is 2.50 bits per heavy atom. The fourth-order valence-corrected chi connectivity index (χ4v) is 1.43. The first-order valence-electron chi connectivity index (χ1n) is 3.85. The van der Waals surface area contributed by atoms with E-state index in [1.165, 1.54) is 12.3 Å². The summed E-state index contributed by atoms with van der Waals surface area (Å²) in [4.78, 5) is 10.6. The minimum atomic E-state index is -0.441. The van der Waals surface area contributed by atoms with Crippen LogP contribution in [0.5, 0.6) is 0 Å². The molecule has 1 heterocycles. The molecule has 0 radical (unpaired) electrons. The van der Waals surface area contributed by atoms with E-state index in [9.17, 15) is 10.1 Å². The summed E-state index contributed by atoms with van der Waals surface area (Å²) in [6.07, 6.45) is 1.48. The second-order valence-corrected chi connectivity index (χ2v) is 3.42. The zero-order valence-corrected chi connectivity index (χ0v) is 8.03. The highest BCUT2D eigenvalue weighted by Crippen LogP contribution is 2.22. The maximum atomic E-state index is 10.3. The van der Waals surface area contributed by atoms with E-state index in [1.54, 1.807) is 6.07 Å². The predicted molar refractivity (Wildman–Crippen MR) is 53.7 cm³/mol. The van der Waals surface area contributed by atoms with Gasteiger partial charge in [0.1, 0.15) is 0 Å². The van der Waals surface area contributed by atoms with Crippen LogP contribution in [0.4, 0.5) is 5.00 Å². The first-order chi connectivity index (χ1) is 6.74. The van der Waals surface area contributed by atoms with Gasteiger partial charge in [-0.2, -0.15) is 5.10 Å². The third kappa shape index (κ3) is 3.11. The molecule has 0 bridgehead atoms. The molecule has 0 saturated heterocycles. The van der Waals surface area contributed by atoms with Gasteiger partial charge in [0.05, 0.1) is 29.2 Å². The Balaban J connectivity index is 2.51. The number of hydrogen-bond acceptors (Lipinski definition) is 6.